The van der Waals surface area contributed by atoms with Crippen LogP contribution in [-0.4, -0.2) is 17.0 Å². The third kappa shape index (κ3) is 3.95. The topological polar surface area (TPSA) is 66.4 Å². The first kappa shape index (κ1) is 14.3. The summed E-state index contributed by atoms with van der Waals surface area (Å²) in [6, 6.07) is 7.78. The van der Waals surface area contributed by atoms with Crippen LogP contribution in [0.4, 0.5) is 0 Å². The van der Waals surface area contributed by atoms with Crippen LogP contribution >= 0.6 is 0 Å². The van der Waals surface area contributed by atoms with Crippen molar-refractivity contribution in [2.24, 2.45) is 0 Å². The zero-order valence-corrected chi connectivity index (χ0v) is 11.3. The summed E-state index contributed by atoms with van der Waals surface area (Å²) in [5.74, 6) is -1.27. The molecule has 20 heavy (non-hydrogen) atoms. The Bertz CT molecular complexity index is 508. The average Bonchev–Trinajstić information content (AvgIpc) is 2.46. The number of carbonyl (C=O) groups excluding carboxylic acids is 1. The zero-order valence-electron chi connectivity index (χ0n) is 11.3. The van der Waals surface area contributed by atoms with Gasteiger partial charge in [-0.3, -0.25) is 4.79 Å². The van der Waals surface area contributed by atoms with E-state index in [0.29, 0.717) is 12.0 Å². The van der Waals surface area contributed by atoms with Crippen molar-refractivity contribution in [3.8, 4) is 0 Å². The molecule has 1 aromatic carbocycles. The van der Waals surface area contributed by atoms with Crippen LogP contribution in [0.1, 0.15) is 43.7 Å². The second-order valence-corrected chi connectivity index (χ2v) is 5.03. The monoisotopic (exact) mass is 273 g/mol. The fourth-order valence-electron chi connectivity index (χ4n) is 2.42. The minimum Gasteiger partial charge on any atom is -0.479 e. The van der Waals surface area contributed by atoms with E-state index < -0.39 is 12.0 Å². The van der Waals surface area contributed by atoms with E-state index >= 15 is 0 Å². The molecule has 1 amide bonds. The summed E-state index contributed by atoms with van der Waals surface area (Å²) < 4.78 is 0. The molecule has 0 bridgehead atoms. The van der Waals surface area contributed by atoms with Gasteiger partial charge in [0.05, 0.1) is 0 Å². The molecule has 4 heteroatoms. The molecule has 1 aliphatic carbocycles. The van der Waals surface area contributed by atoms with Gasteiger partial charge in [0.25, 0.3) is 0 Å². The van der Waals surface area contributed by atoms with E-state index in [-0.39, 0.29) is 5.91 Å². The number of carboxylic acids is 1. The van der Waals surface area contributed by atoms with E-state index in [1.54, 1.807) is 24.3 Å². The van der Waals surface area contributed by atoms with Gasteiger partial charge in [0.15, 0.2) is 6.04 Å². The van der Waals surface area contributed by atoms with Gasteiger partial charge in [-0.2, -0.15) is 0 Å². The largest absolute Gasteiger partial charge is 0.479 e. The minimum atomic E-state index is -1.04. The summed E-state index contributed by atoms with van der Waals surface area (Å²) >= 11 is 0. The Morgan fingerprint density at radius 2 is 1.95 bits per heavy atom. The highest BCUT2D eigenvalue weighted by atomic mass is 16.4. The van der Waals surface area contributed by atoms with Crippen molar-refractivity contribution < 1.29 is 14.7 Å². The van der Waals surface area contributed by atoms with Gasteiger partial charge in [0, 0.05) is 6.42 Å². The number of amides is 1. The maximum absolute atomic E-state index is 12.0. The van der Waals surface area contributed by atoms with Crippen molar-refractivity contribution in [1.82, 2.24) is 5.32 Å². The fourth-order valence-corrected chi connectivity index (χ4v) is 2.42. The molecule has 0 fully saturated rings. The number of rotatable bonds is 5. The molecule has 0 aliphatic heterocycles. The maximum atomic E-state index is 12.0. The van der Waals surface area contributed by atoms with Gasteiger partial charge in [-0.25, -0.2) is 4.79 Å². The smallest absolute Gasteiger partial charge is 0.330 e. The molecule has 0 unspecified atom stereocenters. The number of allylic oxidation sites excluding steroid dienone is 1. The number of hydrogen-bond donors (Lipinski definition) is 2. The molecule has 0 spiro atoms. The first-order valence-electron chi connectivity index (χ1n) is 6.92. The minimum absolute atomic E-state index is 0.227. The molecular formula is C16H19NO3. The number of benzene rings is 1. The van der Waals surface area contributed by atoms with Crippen molar-refractivity contribution in [3.63, 3.8) is 0 Å². The molecule has 1 atom stereocenters. The van der Waals surface area contributed by atoms with Gasteiger partial charge >= 0.3 is 5.97 Å². The summed E-state index contributed by atoms with van der Waals surface area (Å²) in [5, 5.41) is 11.9. The van der Waals surface area contributed by atoms with Gasteiger partial charge in [0.1, 0.15) is 0 Å². The lowest BCUT2D eigenvalue weighted by Crippen LogP contribution is -2.33. The normalized spacial score (nSPS) is 16.1. The number of carbonyl (C=O) groups is 2. The molecule has 1 aromatic rings. The Labute approximate surface area is 118 Å². The first-order valence-corrected chi connectivity index (χ1v) is 6.92. The van der Waals surface area contributed by atoms with Crippen LogP contribution in [0.3, 0.4) is 0 Å². The van der Waals surface area contributed by atoms with Crippen molar-refractivity contribution in [2.75, 3.05) is 0 Å². The van der Waals surface area contributed by atoms with Gasteiger partial charge in [-0.15, -0.1) is 0 Å². The molecule has 2 N–H and O–H groups in total. The Hall–Kier alpha value is -2.10. The van der Waals surface area contributed by atoms with Gasteiger partial charge in [0.2, 0.25) is 5.91 Å². The van der Waals surface area contributed by atoms with E-state index in [2.05, 4.69) is 11.4 Å². The van der Waals surface area contributed by atoms with Crippen LogP contribution in [0.5, 0.6) is 0 Å². The fraction of sp³-hybridized carbons (Fsp3) is 0.375. The molecule has 0 saturated carbocycles. The predicted octanol–water partition coefficient (Wildman–Crippen LogP) is 2.82. The van der Waals surface area contributed by atoms with Crippen molar-refractivity contribution in [2.45, 2.75) is 38.1 Å². The summed E-state index contributed by atoms with van der Waals surface area (Å²) in [6.07, 6.45) is 6.64. The summed E-state index contributed by atoms with van der Waals surface area (Å²) in [7, 11) is 0. The Balaban J connectivity index is 2.00. The summed E-state index contributed by atoms with van der Waals surface area (Å²) in [4.78, 5) is 23.3. The molecule has 0 aromatic heterocycles. The van der Waals surface area contributed by atoms with Crippen LogP contribution in [0.15, 0.2) is 42.0 Å². The van der Waals surface area contributed by atoms with Crippen LogP contribution in [0.2, 0.25) is 0 Å². The number of nitrogens with one attached hydrogen (secondary N) is 1. The molecule has 0 saturated heterocycles. The van der Waals surface area contributed by atoms with Crippen molar-refractivity contribution >= 4 is 11.9 Å². The third-order valence-electron chi connectivity index (χ3n) is 3.46. The van der Waals surface area contributed by atoms with Crippen LogP contribution < -0.4 is 5.32 Å². The highest BCUT2D eigenvalue weighted by molar-refractivity contribution is 5.85. The molecule has 0 radical (unpaired) electrons. The predicted molar refractivity (Wildman–Crippen MR) is 76.1 cm³/mol. The number of hydrogen-bond acceptors (Lipinski definition) is 2. The SMILES string of the molecule is O=C(CC1=CCCCC1)N[C@H](C(=O)O)c1ccccc1. The van der Waals surface area contributed by atoms with E-state index in [9.17, 15) is 14.7 Å². The van der Waals surface area contributed by atoms with Gasteiger partial charge in [-0.05, 0) is 31.2 Å². The maximum Gasteiger partial charge on any atom is 0.330 e. The lowest BCUT2D eigenvalue weighted by atomic mass is 9.97. The first-order chi connectivity index (χ1) is 9.66. The molecule has 1 aliphatic rings. The summed E-state index contributed by atoms with van der Waals surface area (Å²) in [6.45, 7) is 0. The van der Waals surface area contributed by atoms with Crippen molar-refractivity contribution in [1.29, 1.82) is 0 Å². The zero-order chi connectivity index (χ0) is 14.4. The van der Waals surface area contributed by atoms with Crippen LogP contribution in [0.25, 0.3) is 0 Å². The van der Waals surface area contributed by atoms with Crippen molar-refractivity contribution in [3.05, 3.63) is 47.5 Å². The van der Waals surface area contributed by atoms with Gasteiger partial charge in [-0.1, -0.05) is 42.0 Å². The lowest BCUT2D eigenvalue weighted by Gasteiger charge is -2.17. The Morgan fingerprint density at radius 3 is 2.55 bits per heavy atom. The van der Waals surface area contributed by atoms with Gasteiger partial charge < -0.3 is 10.4 Å². The Kier molecular flexibility index (Phi) is 4.93. The lowest BCUT2D eigenvalue weighted by molar-refractivity contribution is -0.142. The molecule has 106 valence electrons. The quantitative estimate of drug-likeness (QED) is 0.811. The van der Waals surface area contributed by atoms with Crippen LogP contribution in [0, 0.1) is 0 Å². The van der Waals surface area contributed by atoms with E-state index in [1.165, 1.54) is 6.42 Å². The van der Waals surface area contributed by atoms with E-state index in [1.807, 2.05) is 6.07 Å². The Morgan fingerprint density at radius 1 is 1.20 bits per heavy atom. The number of aliphatic carboxylic acids is 1. The average molecular weight is 273 g/mol. The van der Waals surface area contributed by atoms with E-state index in [0.717, 1.165) is 24.8 Å². The second-order valence-electron chi connectivity index (χ2n) is 5.03. The highest BCUT2D eigenvalue weighted by Crippen LogP contribution is 2.20. The molecular weight excluding hydrogens is 254 g/mol. The standard InChI is InChI=1S/C16H19NO3/c18-14(11-12-7-3-1-4-8-12)17-15(16(19)20)13-9-5-2-6-10-13/h2,5-7,9-10,15H,1,3-4,8,11H2,(H,17,18)(H,19,20)/t15-/m0/s1. The van der Waals surface area contributed by atoms with Crippen LogP contribution in [-0.2, 0) is 9.59 Å². The third-order valence-corrected chi connectivity index (χ3v) is 3.46. The van der Waals surface area contributed by atoms with E-state index in [4.69, 9.17) is 0 Å². The molecule has 4 nitrogen and oxygen atoms in total. The summed E-state index contributed by atoms with van der Waals surface area (Å²) in [5.41, 5.74) is 1.71. The second kappa shape index (κ2) is 6.89. The highest BCUT2D eigenvalue weighted by Gasteiger charge is 2.22. The molecule has 2 rings (SSSR count). The number of carboxylic acid groups (broad SMARTS) is 1. The molecule has 0 heterocycles.